The molecule has 0 spiro atoms. The number of furan rings is 1. The Hall–Kier alpha value is -7.29. The lowest BCUT2D eigenvalue weighted by molar-refractivity contribution is -0.384. The second-order valence-corrected chi connectivity index (χ2v) is 12.2. The number of non-ortho nitro benzene ring substituents is 1. The number of hydrogen-bond acceptors (Lipinski definition) is 10. The van der Waals surface area contributed by atoms with E-state index in [1.165, 1.54) is 36.6 Å². The zero-order chi connectivity index (χ0) is 37.2. The molecule has 5 aromatic rings. The smallest absolute Gasteiger partial charge is 0.269 e. The molecule has 53 heavy (non-hydrogen) atoms. The molecule has 0 saturated carbocycles. The second kappa shape index (κ2) is 14.1. The maximum absolute atomic E-state index is 13.1. The molecule has 2 aliphatic rings. The van der Waals surface area contributed by atoms with Crippen molar-refractivity contribution in [2.24, 2.45) is 0 Å². The van der Waals surface area contributed by atoms with Crippen LogP contribution >= 0.6 is 0 Å². The number of imide groups is 2. The fourth-order valence-electron chi connectivity index (χ4n) is 6.13. The first-order valence-corrected chi connectivity index (χ1v) is 16.4. The van der Waals surface area contributed by atoms with Gasteiger partial charge in [0.25, 0.3) is 23.4 Å². The quantitative estimate of drug-likeness (QED) is 0.103. The third kappa shape index (κ3) is 7.03. The van der Waals surface area contributed by atoms with Crippen molar-refractivity contribution >= 4 is 46.8 Å². The summed E-state index contributed by atoms with van der Waals surface area (Å²) in [5, 5.41) is 18.6. The number of amides is 6. The number of piperidine rings is 1. The summed E-state index contributed by atoms with van der Waals surface area (Å²) in [5.74, 6) is -2.86. The predicted octanol–water partition coefficient (Wildman–Crippen LogP) is 4.74. The number of benzene rings is 3. The molecule has 2 aliphatic heterocycles. The van der Waals surface area contributed by atoms with Crippen LogP contribution in [0.4, 0.5) is 11.4 Å². The summed E-state index contributed by atoms with van der Waals surface area (Å²) in [6.07, 6.45) is 1.47. The average molecular weight is 713 g/mol. The van der Waals surface area contributed by atoms with Gasteiger partial charge in [-0.05, 0) is 84.3 Å². The maximum Gasteiger partial charge on any atom is 0.269 e. The first-order chi connectivity index (χ1) is 25.5. The van der Waals surface area contributed by atoms with Gasteiger partial charge in [0.15, 0.2) is 5.76 Å². The Morgan fingerprint density at radius 3 is 2.28 bits per heavy atom. The van der Waals surface area contributed by atoms with Gasteiger partial charge in [-0.3, -0.25) is 49.1 Å². The van der Waals surface area contributed by atoms with Gasteiger partial charge in [-0.1, -0.05) is 12.1 Å². The molecule has 1 atom stereocenters. The van der Waals surface area contributed by atoms with Gasteiger partial charge < -0.3 is 15.1 Å². The Bertz CT molecular complexity index is 2320. The zero-order valence-electron chi connectivity index (χ0n) is 27.7. The highest BCUT2D eigenvalue weighted by atomic mass is 16.6. The normalized spacial score (nSPS) is 15.2. The number of carbonyl (C=O) groups excluding carboxylic acids is 6. The average Bonchev–Trinajstić information content (AvgIpc) is 3.78. The van der Waals surface area contributed by atoms with Gasteiger partial charge >= 0.3 is 0 Å². The molecule has 6 amide bonds. The number of nitro groups is 1. The van der Waals surface area contributed by atoms with Crippen molar-refractivity contribution in [2.45, 2.75) is 25.3 Å². The first kappa shape index (κ1) is 34.2. The molecule has 1 unspecified atom stereocenters. The molecule has 4 heterocycles. The zero-order valence-corrected chi connectivity index (χ0v) is 27.7. The van der Waals surface area contributed by atoms with E-state index in [1.54, 1.807) is 48.5 Å². The second-order valence-electron chi connectivity index (χ2n) is 12.2. The van der Waals surface area contributed by atoms with Crippen molar-refractivity contribution in [2.75, 3.05) is 11.9 Å². The predicted molar refractivity (Wildman–Crippen MR) is 188 cm³/mol. The van der Waals surface area contributed by atoms with Crippen LogP contribution in [0.2, 0.25) is 0 Å². The maximum atomic E-state index is 13.1. The number of aromatic nitrogens is 1. The summed E-state index contributed by atoms with van der Waals surface area (Å²) in [4.78, 5) is 91.6. The van der Waals surface area contributed by atoms with Crippen LogP contribution in [0.3, 0.4) is 0 Å². The SMILES string of the molecule is O=C1CCC(N2C(=O)c3ccc(NC(=O)CCNC(=O)c4ccc(-c5cc(-c6ccc([N+](=O)[O-])cc6)nc(-c6ccco6)c5)cc4)cc3C2=O)C(=O)N1. The molecule has 7 rings (SSSR count). The van der Waals surface area contributed by atoms with Crippen LogP contribution in [-0.4, -0.2) is 62.8 Å². The molecular formula is C38H28N6O9. The van der Waals surface area contributed by atoms with Crippen molar-refractivity contribution in [1.82, 2.24) is 20.5 Å². The first-order valence-electron chi connectivity index (χ1n) is 16.4. The number of fused-ring (bicyclic) bond motifs is 1. The highest BCUT2D eigenvalue weighted by Gasteiger charge is 2.44. The lowest BCUT2D eigenvalue weighted by Crippen LogP contribution is -2.54. The molecule has 1 fully saturated rings. The van der Waals surface area contributed by atoms with E-state index in [0.29, 0.717) is 28.3 Å². The molecule has 0 radical (unpaired) electrons. The van der Waals surface area contributed by atoms with Gasteiger partial charge in [0, 0.05) is 48.3 Å². The van der Waals surface area contributed by atoms with Gasteiger partial charge in [0.1, 0.15) is 11.7 Å². The molecule has 0 aliphatic carbocycles. The minimum Gasteiger partial charge on any atom is -0.463 e. The van der Waals surface area contributed by atoms with E-state index >= 15 is 0 Å². The van der Waals surface area contributed by atoms with Crippen LogP contribution < -0.4 is 16.0 Å². The number of hydrogen-bond donors (Lipinski definition) is 3. The van der Waals surface area contributed by atoms with Gasteiger partial charge in [0.2, 0.25) is 17.7 Å². The number of nitro benzene ring substituents is 1. The number of anilines is 1. The Kier molecular flexibility index (Phi) is 9.12. The Balaban J connectivity index is 0.971. The topological polar surface area (TPSA) is 211 Å². The van der Waals surface area contributed by atoms with E-state index < -0.39 is 46.4 Å². The molecule has 2 aromatic heterocycles. The van der Waals surface area contributed by atoms with E-state index in [2.05, 4.69) is 16.0 Å². The van der Waals surface area contributed by atoms with Gasteiger partial charge in [-0.15, -0.1) is 0 Å². The third-order valence-electron chi connectivity index (χ3n) is 8.81. The van der Waals surface area contributed by atoms with E-state index in [0.717, 1.165) is 16.0 Å². The Morgan fingerprint density at radius 1 is 0.868 bits per heavy atom. The largest absolute Gasteiger partial charge is 0.463 e. The highest BCUT2D eigenvalue weighted by Crippen LogP contribution is 2.32. The molecule has 264 valence electrons. The minimum absolute atomic E-state index is 0.00100. The van der Waals surface area contributed by atoms with Crippen LogP contribution in [0.1, 0.15) is 50.3 Å². The lowest BCUT2D eigenvalue weighted by atomic mass is 10.00. The van der Waals surface area contributed by atoms with Crippen molar-refractivity contribution in [3.05, 3.63) is 124 Å². The van der Waals surface area contributed by atoms with E-state index in [1.807, 2.05) is 12.1 Å². The summed E-state index contributed by atoms with van der Waals surface area (Å²) in [5.41, 5.74) is 4.01. The van der Waals surface area contributed by atoms with Crippen LogP contribution in [0.15, 0.2) is 102 Å². The fourth-order valence-corrected chi connectivity index (χ4v) is 6.13. The molecule has 1 saturated heterocycles. The molecule has 3 aromatic carbocycles. The standard InChI is InChI=1S/C38H28N6O9/c45-33-14-13-31(36(48)42-33)43-37(49)27-12-9-25(20-28(27)38(43)50)40-34(46)15-16-39-35(47)23-5-3-21(4-6-23)24-18-29(22-7-10-26(11-8-22)44(51)52)41-30(19-24)32-2-1-17-53-32/h1-12,17-20,31H,13-16H2,(H,39,47)(H,40,46)(H,42,45,48). The van der Waals surface area contributed by atoms with Gasteiger partial charge in [0.05, 0.1) is 28.0 Å². The molecule has 15 heteroatoms. The number of carbonyl (C=O) groups is 6. The van der Waals surface area contributed by atoms with Crippen molar-refractivity contribution in [1.29, 1.82) is 0 Å². The molecular weight excluding hydrogens is 684 g/mol. The fraction of sp³-hybridized carbons (Fsp3) is 0.132. The summed E-state index contributed by atoms with van der Waals surface area (Å²) in [6, 6.07) is 23.2. The number of rotatable bonds is 10. The monoisotopic (exact) mass is 712 g/mol. The highest BCUT2D eigenvalue weighted by molar-refractivity contribution is 6.24. The third-order valence-corrected chi connectivity index (χ3v) is 8.81. The number of nitrogens with one attached hydrogen (secondary N) is 3. The van der Waals surface area contributed by atoms with Crippen molar-refractivity contribution in [3.8, 4) is 33.8 Å². The molecule has 15 nitrogen and oxygen atoms in total. The number of pyridine rings is 1. The molecule has 0 bridgehead atoms. The summed E-state index contributed by atoms with van der Waals surface area (Å²) in [6.45, 7) is 0.00746. The Morgan fingerprint density at radius 2 is 1.58 bits per heavy atom. The lowest BCUT2D eigenvalue weighted by Gasteiger charge is -2.27. The van der Waals surface area contributed by atoms with Crippen LogP contribution in [0, 0.1) is 10.1 Å². The van der Waals surface area contributed by atoms with Gasteiger partial charge in [-0.2, -0.15) is 0 Å². The summed E-state index contributed by atoms with van der Waals surface area (Å²) in [7, 11) is 0. The van der Waals surface area contributed by atoms with Gasteiger partial charge in [-0.25, -0.2) is 4.98 Å². The van der Waals surface area contributed by atoms with E-state index in [9.17, 15) is 38.9 Å². The van der Waals surface area contributed by atoms with Crippen molar-refractivity contribution in [3.63, 3.8) is 0 Å². The van der Waals surface area contributed by atoms with Crippen LogP contribution in [-0.2, 0) is 14.4 Å². The molecule has 3 N–H and O–H groups in total. The number of nitrogens with zero attached hydrogens (tertiary/aromatic N) is 3. The van der Waals surface area contributed by atoms with E-state index in [-0.39, 0.29) is 48.3 Å². The van der Waals surface area contributed by atoms with Crippen molar-refractivity contribution < 1.29 is 38.1 Å². The summed E-state index contributed by atoms with van der Waals surface area (Å²) >= 11 is 0. The minimum atomic E-state index is -1.10. The Labute approximate surface area is 300 Å². The van der Waals surface area contributed by atoms with Crippen LogP contribution in [0.5, 0.6) is 0 Å². The summed E-state index contributed by atoms with van der Waals surface area (Å²) < 4.78 is 5.56. The van der Waals surface area contributed by atoms with E-state index in [4.69, 9.17) is 9.40 Å². The van der Waals surface area contributed by atoms with Crippen LogP contribution in [0.25, 0.3) is 33.8 Å².